The van der Waals surface area contributed by atoms with Crippen molar-refractivity contribution in [3.05, 3.63) is 164 Å². The van der Waals surface area contributed by atoms with Gasteiger partial charge >= 0.3 is 11.9 Å². The number of aliphatic carboxylic acids is 1. The number of hydrogen-bond acceptors (Lipinski definition) is 24. The molecule has 32 nitrogen and oxygen atoms in total. The average Bonchev–Trinajstić information content (AvgIpc) is 0.768. The zero-order chi connectivity index (χ0) is 80.3. The number of aromatic hydroxyl groups is 5. The molecule has 14 rings (SSSR count). The molecule has 17 bridgehead atoms. The SMILES string of the molecule is CN[C@@H]1C(=O)N[C@@H]2Cc3ccc(cc3)Oc3cc4cc(c3O[C@@H]3O[C@H](C(=O)OC)[C@@H](O)[C@H](O)[C@H]3NC(=O)CCCCCCCCC(C)C)Oc3ccc(cc3Cl)[C@@H](O)[C@@H]3NC(=O)[C@H](NC(=O)[C@@H]4NC(=O)[C@@H](NC2=O)c2cc(cc(O)c2Cl)Oc2cc1ccc2O)c1ccc(O)c(c1)-c1c(O)cc(O)cc1[C@@H](C(=O)O)NC3=O. The Morgan fingerprint density at radius 3 is 1.90 bits per heavy atom. The molecule has 0 spiro atoms. The van der Waals surface area contributed by atoms with Crippen molar-refractivity contribution in [2.24, 2.45) is 5.92 Å². The van der Waals surface area contributed by atoms with Gasteiger partial charge in [-0.05, 0) is 120 Å². The second kappa shape index (κ2) is 33.9. The predicted molar refractivity (Wildman–Crippen MR) is 395 cm³/mol. The van der Waals surface area contributed by atoms with Gasteiger partial charge in [0.25, 0.3) is 0 Å². The lowest BCUT2D eigenvalue weighted by molar-refractivity contribution is -0.242. The summed E-state index contributed by atoms with van der Waals surface area (Å²) in [6.45, 7) is 4.29. The summed E-state index contributed by atoms with van der Waals surface area (Å²) in [4.78, 5) is 134. The van der Waals surface area contributed by atoms with E-state index >= 15 is 19.2 Å². The molecule has 0 unspecified atom stereocenters. The summed E-state index contributed by atoms with van der Waals surface area (Å²) in [5, 5.41) is 124. The number of hydrogen-bond donors (Lipinski definition) is 17. The Morgan fingerprint density at radius 1 is 0.571 bits per heavy atom. The fourth-order valence-corrected chi connectivity index (χ4v) is 14.4. The molecule has 1 fully saturated rings. The third-order valence-corrected chi connectivity index (χ3v) is 20.5. The minimum absolute atomic E-state index is 0.0943. The Kier molecular flexibility index (Phi) is 24.2. The van der Waals surface area contributed by atoms with E-state index in [2.05, 4.69) is 56.4 Å². The predicted octanol–water partition coefficient (Wildman–Crippen LogP) is 6.80. The van der Waals surface area contributed by atoms with Crippen molar-refractivity contribution >= 4 is 76.5 Å². The van der Waals surface area contributed by atoms with Gasteiger partial charge in [0.1, 0.15) is 101 Å². The van der Waals surface area contributed by atoms with Crippen LogP contribution in [0.1, 0.15) is 140 Å². The second-order valence-corrected chi connectivity index (χ2v) is 28.8. The number of carbonyl (C=O) groups excluding carboxylic acids is 8. The van der Waals surface area contributed by atoms with Crippen LogP contribution in [-0.2, 0) is 59.0 Å². The van der Waals surface area contributed by atoms with Gasteiger partial charge < -0.3 is 117 Å². The largest absolute Gasteiger partial charge is 0.508 e. The van der Waals surface area contributed by atoms with Crippen LogP contribution in [0.25, 0.3) is 11.1 Å². The van der Waals surface area contributed by atoms with E-state index in [-0.39, 0.29) is 52.5 Å². The number of aliphatic hydroxyl groups is 3. The summed E-state index contributed by atoms with van der Waals surface area (Å²) in [5.41, 5.74) is -2.58. The molecule has 112 heavy (non-hydrogen) atoms. The molecule has 1 saturated heterocycles. The van der Waals surface area contributed by atoms with E-state index in [0.29, 0.717) is 24.3 Å². The Morgan fingerprint density at radius 2 is 1.21 bits per heavy atom. The van der Waals surface area contributed by atoms with Crippen LogP contribution in [0.15, 0.2) is 115 Å². The molecule has 7 aromatic carbocycles. The van der Waals surface area contributed by atoms with Crippen LogP contribution < -0.4 is 61.5 Å². The van der Waals surface area contributed by atoms with Gasteiger partial charge in [-0.2, -0.15) is 0 Å². The van der Waals surface area contributed by atoms with Gasteiger partial charge in [-0.3, -0.25) is 33.6 Å². The number of carboxylic acid groups (broad SMARTS) is 1. The van der Waals surface area contributed by atoms with Gasteiger partial charge in [-0.25, -0.2) is 9.59 Å². The minimum Gasteiger partial charge on any atom is -0.508 e. The number of methoxy groups -OCH3 is 1. The number of amides is 7. The monoisotopic (exact) mass is 1580 g/mol. The van der Waals surface area contributed by atoms with Crippen molar-refractivity contribution < 1.29 is 118 Å². The Bertz CT molecular complexity index is 4860. The van der Waals surface area contributed by atoms with Gasteiger partial charge in [0.15, 0.2) is 35.1 Å². The number of nitrogens with one attached hydrogen (secondary N) is 8. The van der Waals surface area contributed by atoms with E-state index in [9.17, 15) is 69.9 Å². The van der Waals surface area contributed by atoms with Crippen LogP contribution in [0.2, 0.25) is 10.0 Å². The summed E-state index contributed by atoms with van der Waals surface area (Å²) in [7, 11) is 2.41. The fraction of sp³-hybridized carbons (Fsp3) is 0.346. The highest BCUT2D eigenvalue weighted by molar-refractivity contribution is 6.33. The maximum Gasteiger partial charge on any atom is 0.337 e. The van der Waals surface area contributed by atoms with Gasteiger partial charge in [0, 0.05) is 47.2 Å². The first kappa shape index (κ1) is 79.9. The summed E-state index contributed by atoms with van der Waals surface area (Å²) in [6, 6.07) is 6.02. The molecule has 34 heteroatoms. The lowest BCUT2D eigenvalue weighted by atomic mass is 9.89. The summed E-state index contributed by atoms with van der Waals surface area (Å²) in [6.07, 6.45) is -5.16. The summed E-state index contributed by atoms with van der Waals surface area (Å²) >= 11 is 14.1. The molecule has 0 aliphatic carbocycles. The number of aliphatic hydroxyl groups excluding tert-OH is 3. The van der Waals surface area contributed by atoms with Crippen LogP contribution in [0.4, 0.5) is 0 Å². The number of carbonyl (C=O) groups is 9. The van der Waals surface area contributed by atoms with Crippen LogP contribution in [0, 0.1) is 5.92 Å². The number of fused-ring (bicyclic) bond motifs is 14. The van der Waals surface area contributed by atoms with Gasteiger partial charge in [-0.15, -0.1) is 0 Å². The van der Waals surface area contributed by atoms with E-state index in [1.165, 1.54) is 49.5 Å². The number of esters is 1. The molecule has 7 aliphatic heterocycles. The lowest BCUT2D eigenvalue weighted by Crippen LogP contribution is -2.66. The lowest BCUT2D eigenvalue weighted by Gasteiger charge is -2.41. The number of unbranched alkanes of at least 4 members (excludes halogenated alkanes) is 5. The van der Waals surface area contributed by atoms with Gasteiger partial charge in [-0.1, -0.05) is 106 Å². The smallest absolute Gasteiger partial charge is 0.337 e. The third-order valence-electron chi connectivity index (χ3n) is 19.8. The van der Waals surface area contributed by atoms with Crippen molar-refractivity contribution in [2.45, 2.75) is 151 Å². The van der Waals surface area contributed by atoms with E-state index in [1.807, 2.05) is 0 Å². The number of phenols is 5. The average molecular weight is 1580 g/mol. The van der Waals surface area contributed by atoms with E-state index in [0.717, 1.165) is 112 Å². The molecular formula is C78H80Cl2N8O24. The highest BCUT2D eigenvalue weighted by Gasteiger charge is 2.51. The molecule has 7 aromatic rings. The van der Waals surface area contributed by atoms with Crippen molar-refractivity contribution in [1.82, 2.24) is 42.5 Å². The first-order valence-corrected chi connectivity index (χ1v) is 36.5. The highest BCUT2D eigenvalue weighted by atomic mass is 35.5. The van der Waals surface area contributed by atoms with Crippen LogP contribution >= 0.6 is 23.2 Å². The quantitative estimate of drug-likeness (QED) is 0.0370. The maximum atomic E-state index is 16.4. The molecule has 7 heterocycles. The van der Waals surface area contributed by atoms with Crippen LogP contribution in [0.3, 0.4) is 0 Å². The zero-order valence-electron chi connectivity index (χ0n) is 60.3. The third kappa shape index (κ3) is 17.3. The molecule has 7 aliphatic rings. The number of phenolic OH excluding ortho intramolecular Hbond substituents is 5. The molecule has 0 radical (unpaired) electrons. The number of benzene rings is 7. The minimum atomic E-state index is -2.37. The van der Waals surface area contributed by atoms with Crippen molar-refractivity contribution in [2.75, 3.05) is 14.2 Å². The van der Waals surface area contributed by atoms with Gasteiger partial charge in [0.05, 0.1) is 17.2 Å². The number of carboxylic acids is 1. The summed E-state index contributed by atoms with van der Waals surface area (Å²) < 4.78 is 37.5. The zero-order valence-corrected chi connectivity index (χ0v) is 61.8. The van der Waals surface area contributed by atoms with Crippen LogP contribution in [-0.4, -0.2) is 156 Å². The highest BCUT2D eigenvalue weighted by Crippen LogP contribution is 2.50. The molecule has 13 atom stereocenters. The van der Waals surface area contributed by atoms with Crippen molar-refractivity contribution in [3.63, 3.8) is 0 Å². The topological polar surface area (TPSA) is 487 Å². The van der Waals surface area contributed by atoms with E-state index in [4.69, 9.17) is 51.6 Å². The Hall–Kier alpha value is -11.7. The molecule has 0 saturated carbocycles. The molecule has 0 aromatic heterocycles. The molecular weight excluding hydrogens is 1500 g/mol. The standard InChI is InChI=1S/C78H80Cl2N8O24/c1-33(2)11-9-7-5-6-8-10-12-55(94)83-64-66(96)67(97)69(77(106)107-4)112-78(64)111-68-53-27-38-28-54(68)110-51-22-17-37(25-45(51)79)65(95)63-75(103)87-62(76(104)105)43-29-39(89)30-49(92)56(43)42-24-35(15-20-47(42)90)59(72(100)88-63)84-73(101)60(38)85-74(102)61-44-31-41(32-50(93)57(44)80)109-52-26-36(16-21-48(52)91)58(81-3)71(99)82-46(70(98)86-61)23-34-13-18-40(108-53)19-14-34/h13-22,24-33,46,58-67,69,78,81,89-93,95-97H,5-12,23H2,1-4H3,(H,82,99)(H,83,94)(H,84,101)(H,85,102)(H,86,98)(H,87,103)(H,88,100)(H,104,105)/t46-,58+,59-,60-,61+,62+,63+,64-,65-,66-,67+,69+,78-/m1/s1. The fourth-order valence-electron chi connectivity index (χ4n) is 13.9. The molecule has 590 valence electrons. The first-order chi connectivity index (χ1) is 53.5. The summed E-state index contributed by atoms with van der Waals surface area (Å²) in [5.74, 6) is -17.2. The molecule has 7 amide bonds. The van der Waals surface area contributed by atoms with Crippen molar-refractivity contribution in [1.29, 1.82) is 0 Å². The Labute approximate surface area is 648 Å². The maximum absolute atomic E-state index is 16.4. The van der Waals surface area contributed by atoms with Gasteiger partial charge in [0.2, 0.25) is 53.4 Å². The first-order valence-electron chi connectivity index (χ1n) is 35.8. The van der Waals surface area contributed by atoms with E-state index < -0.39 is 216 Å². The number of ether oxygens (including phenoxy) is 6. The Balaban J connectivity index is 1.09. The van der Waals surface area contributed by atoms with Crippen molar-refractivity contribution in [3.8, 4) is 80.1 Å². The van der Waals surface area contributed by atoms with Crippen LogP contribution in [0.5, 0.6) is 69.0 Å². The number of halogens is 2. The molecule has 17 N–H and O–H groups in total. The normalized spacial score (nSPS) is 23.6. The second-order valence-electron chi connectivity index (χ2n) is 28.0. The van der Waals surface area contributed by atoms with E-state index in [1.54, 1.807) is 0 Å². The number of likely N-dealkylation sites (N-methyl/N-ethyl adjacent to an activating group) is 1. The number of rotatable bonds is 15.